The van der Waals surface area contributed by atoms with Crippen LogP contribution in [0.25, 0.3) is 22.4 Å². The lowest BCUT2D eigenvalue weighted by molar-refractivity contribution is 0.0526. The van der Waals surface area contributed by atoms with E-state index in [1.54, 1.807) is 37.1 Å². The Hall–Kier alpha value is -3.43. The molecule has 0 radical (unpaired) electrons. The number of ether oxygens (including phenoxy) is 1. The van der Waals surface area contributed by atoms with Gasteiger partial charge in [-0.05, 0) is 46.6 Å². The van der Waals surface area contributed by atoms with E-state index in [4.69, 9.17) is 4.74 Å². The molecule has 9 heteroatoms. The number of H-pyrrole nitrogens is 2. The summed E-state index contributed by atoms with van der Waals surface area (Å²) in [4.78, 5) is 37.1. The molecule has 4 aromatic rings. The molecule has 1 atom stereocenters. The predicted molar refractivity (Wildman–Crippen MR) is 130 cm³/mol. The molecule has 170 valence electrons. The van der Waals surface area contributed by atoms with Crippen LogP contribution >= 0.6 is 15.9 Å². The second-order valence-electron chi connectivity index (χ2n) is 7.51. The van der Waals surface area contributed by atoms with Gasteiger partial charge in [-0.1, -0.05) is 30.3 Å². The second-order valence-corrected chi connectivity index (χ2v) is 8.36. The number of pyridine rings is 1. The van der Waals surface area contributed by atoms with E-state index in [9.17, 15) is 14.7 Å². The number of carbonyl (C=O) groups excluding carboxylic acids is 1. The molecule has 3 N–H and O–H groups in total. The molecule has 2 heterocycles. The second kappa shape index (κ2) is 9.60. The van der Waals surface area contributed by atoms with Gasteiger partial charge in [0.2, 0.25) is 0 Å². The molecule has 0 unspecified atom stereocenters. The highest BCUT2D eigenvalue weighted by molar-refractivity contribution is 9.10. The van der Waals surface area contributed by atoms with Gasteiger partial charge in [0, 0.05) is 24.1 Å². The van der Waals surface area contributed by atoms with E-state index in [2.05, 4.69) is 30.9 Å². The Balaban J connectivity index is 1.74. The maximum absolute atomic E-state index is 12.8. The number of benzene rings is 2. The first-order valence-corrected chi connectivity index (χ1v) is 11.2. The number of likely N-dealkylation sites (N-methyl/N-ethyl adjacent to an activating group) is 1. The quantitative estimate of drug-likeness (QED) is 0.257. The molecule has 0 amide bonds. The lowest BCUT2D eigenvalue weighted by Gasteiger charge is -2.27. The topological polar surface area (TPSA) is 111 Å². The van der Waals surface area contributed by atoms with Gasteiger partial charge >= 0.3 is 5.97 Å². The number of rotatable bonds is 7. The minimum absolute atomic E-state index is 0.267. The van der Waals surface area contributed by atoms with Crippen LogP contribution in [0.2, 0.25) is 0 Å². The Bertz CT molecular complexity index is 1350. The van der Waals surface area contributed by atoms with Crippen molar-refractivity contribution in [3.8, 4) is 11.4 Å². The molecule has 0 fully saturated rings. The number of aliphatic hydroxyl groups excluding tert-OH is 1. The Labute approximate surface area is 198 Å². The summed E-state index contributed by atoms with van der Waals surface area (Å²) in [6, 6.07) is 14.6. The molecule has 8 nitrogen and oxygen atoms in total. The lowest BCUT2D eigenvalue weighted by atomic mass is 10.1. The van der Waals surface area contributed by atoms with Crippen molar-refractivity contribution in [2.75, 3.05) is 18.6 Å². The number of carbonyl (C=O) groups is 1. The SMILES string of the molecule is CCOC(=O)c1cc(Br)c2nc(-c3c(N(C)[C@@H](O)Cc4ccccc4)cc[nH]c3=O)[nH]c2c1. The van der Waals surface area contributed by atoms with Gasteiger partial charge in [-0.3, -0.25) is 4.79 Å². The van der Waals surface area contributed by atoms with Gasteiger partial charge < -0.3 is 24.7 Å². The van der Waals surface area contributed by atoms with Crippen molar-refractivity contribution in [2.24, 2.45) is 0 Å². The zero-order valence-corrected chi connectivity index (χ0v) is 19.7. The third-order valence-corrected chi connectivity index (χ3v) is 5.92. The van der Waals surface area contributed by atoms with Crippen molar-refractivity contribution in [1.29, 1.82) is 0 Å². The highest BCUT2D eigenvalue weighted by Crippen LogP contribution is 2.31. The summed E-state index contributed by atoms with van der Waals surface area (Å²) in [7, 11) is 1.73. The molecule has 2 aromatic carbocycles. The van der Waals surface area contributed by atoms with Crippen LogP contribution in [0.15, 0.2) is 64.0 Å². The molecule has 0 aliphatic heterocycles. The number of halogens is 1. The van der Waals surface area contributed by atoms with Crippen molar-refractivity contribution in [1.82, 2.24) is 15.0 Å². The normalized spacial score (nSPS) is 12.0. The largest absolute Gasteiger partial charge is 0.462 e. The maximum atomic E-state index is 12.8. The molecule has 0 bridgehead atoms. The first-order chi connectivity index (χ1) is 15.9. The summed E-state index contributed by atoms with van der Waals surface area (Å²) < 4.78 is 5.68. The van der Waals surface area contributed by atoms with Gasteiger partial charge in [-0.2, -0.15) is 0 Å². The Kier molecular flexibility index (Phi) is 6.62. The molecule has 0 saturated carbocycles. The molecule has 0 aliphatic rings. The third-order valence-electron chi connectivity index (χ3n) is 5.32. The summed E-state index contributed by atoms with van der Waals surface area (Å²) in [5.41, 5.74) is 2.93. The van der Waals surface area contributed by atoms with E-state index in [1.807, 2.05) is 30.3 Å². The minimum atomic E-state index is -0.862. The zero-order chi connectivity index (χ0) is 23.5. The first-order valence-electron chi connectivity index (χ1n) is 10.4. The predicted octanol–water partition coefficient (Wildman–Crippen LogP) is 3.85. The number of aromatic amines is 2. The van der Waals surface area contributed by atoms with Crippen molar-refractivity contribution in [3.05, 3.63) is 80.7 Å². The molecular formula is C24H23BrN4O4. The fourth-order valence-electron chi connectivity index (χ4n) is 3.64. The molecular weight excluding hydrogens is 488 g/mol. The van der Waals surface area contributed by atoms with E-state index in [0.717, 1.165) is 5.56 Å². The standard InChI is InChI=1S/C24H23BrN4O4/c1-3-33-24(32)15-12-16(25)21-17(13-15)27-22(28-21)20-18(9-10-26-23(20)31)29(2)19(30)11-14-7-5-4-6-8-14/h4-10,12-13,19,30H,3,11H2,1-2H3,(H,26,31)(H,27,28)/t19-/m0/s1. The van der Waals surface area contributed by atoms with E-state index in [-0.39, 0.29) is 17.7 Å². The van der Waals surface area contributed by atoms with Crippen molar-refractivity contribution in [3.63, 3.8) is 0 Å². The number of esters is 1. The Morgan fingerprint density at radius 2 is 2.00 bits per heavy atom. The monoisotopic (exact) mass is 510 g/mol. The van der Waals surface area contributed by atoms with Crippen LogP contribution in [0.5, 0.6) is 0 Å². The van der Waals surface area contributed by atoms with Crippen LogP contribution in [-0.2, 0) is 11.2 Å². The molecule has 0 saturated heterocycles. The van der Waals surface area contributed by atoms with Crippen LogP contribution in [-0.4, -0.2) is 45.9 Å². The summed E-state index contributed by atoms with van der Waals surface area (Å²) in [6.07, 6.45) is 1.06. The van der Waals surface area contributed by atoms with E-state index in [1.165, 1.54) is 6.20 Å². The molecule has 0 aliphatic carbocycles. The lowest BCUT2D eigenvalue weighted by Crippen LogP contribution is -2.34. The highest BCUT2D eigenvalue weighted by atomic mass is 79.9. The number of hydrogen-bond donors (Lipinski definition) is 3. The summed E-state index contributed by atoms with van der Waals surface area (Å²) in [5, 5.41) is 10.8. The van der Waals surface area contributed by atoms with Crippen LogP contribution in [0.3, 0.4) is 0 Å². The van der Waals surface area contributed by atoms with Crippen molar-refractivity contribution < 1.29 is 14.6 Å². The van der Waals surface area contributed by atoms with Crippen LogP contribution in [0, 0.1) is 0 Å². The first kappa shape index (κ1) is 22.8. The van der Waals surface area contributed by atoms with Crippen LogP contribution in [0.4, 0.5) is 5.69 Å². The van der Waals surface area contributed by atoms with Gasteiger partial charge in [-0.25, -0.2) is 9.78 Å². The van der Waals surface area contributed by atoms with Gasteiger partial charge in [0.05, 0.1) is 23.4 Å². The number of nitrogens with zero attached hydrogens (tertiary/aromatic N) is 2. The summed E-state index contributed by atoms with van der Waals surface area (Å²) in [5.74, 6) is -0.124. The average molecular weight is 511 g/mol. The summed E-state index contributed by atoms with van der Waals surface area (Å²) >= 11 is 3.45. The van der Waals surface area contributed by atoms with E-state index >= 15 is 0 Å². The minimum Gasteiger partial charge on any atom is -0.462 e. The summed E-state index contributed by atoms with van der Waals surface area (Å²) in [6.45, 7) is 2.01. The number of imidazole rings is 1. The fraction of sp³-hybridized carbons (Fsp3) is 0.208. The smallest absolute Gasteiger partial charge is 0.338 e. The highest BCUT2D eigenvalue weighted by Gasteiger charge is 2.22. The van der Waals surface area contributed by atoms with Gasteiger partial charge in [-0.15, -0.1) is 0 Å². The zero-order valence-electron chi connectivity index (χ0n) is 18.1. The average Bonchev–Trinajstić information content (AvgIpc) is 3.23. The molecule has 33 heavy (non-hydrogen) atoms. The van der Waals surface area contributed by atoms with Gasteiger partial charge in [0.25, 0.3) is 5.56 Å². The number of aromatic nitrogens is 3. The molecule has 0 spiro atoms. The number of nitrogens with one attached hydrogen (secondary N) is 2. The molecule has 2 aromatic heterocycles. The van der Waals surface area contributed by atoms with Gasteiger partial charge in [0.15, 0.2) is 0 Å². The van der Waals surface area contributed by atoms with E-state index < -0.39 is 12.2 Å². The van der Waals surface area contributed by atoms with Crippen molar-refractivity contribution >= 4 is 38.6 Å². The van der Waals surface area contributed by atoms with Crippen molar-refractivity contribution in [2.45, 2.75) is 19.6 Å². The number of hydrogen-bond acceptors (Lipinski definition) is 6. The number of fused-ring (bicyclic) bond motifs is 1. The van der Waals surface area contributed by atoms with E-state index in [0.29, 0.717) is 39.0 Å². The number of anilines is 1. The molecule has 4 rings (SSSR count). The maximum Gasteiger partial charge on any atom is 0.338 e. The van der Waals surface area contributed by atoms with Crippen LogP contribution < -0.4 is 10.5 Å². The fourth-order valence-corrected chi connectivity index (χ4v) is 4.19. The Morgan fingerprint density at radius 3 is 2.73 bits per heavy atom. The third kappa shape index (κ3) is 4.69. The van der Waals surface area contributed by atoms with Gasteiger partial charge in [0.1, 0.15) is 23.1 Å². The van der Waals surface area contributed by atoms with Crippen LogP contribution in [0.1, 0.15) is 22.8 Å². The Morgan fingerprint density at radius 1 is 1.24 bits per heavy atom. The number of aliphatic hydroxyl groups is 1.